The Morgan fingerprint density at radius 1 is 1.06 bits per heavy atom. The first-order chi connectivity index (χ1) is 15.6. The molecule has 11 heteroatoms. The molecule has 0 radical (unpaired) electrons. The zero-order chi connectivity index (χ0) is 25.7. The van der Waals surface area contributed by atoms with Gasteiger partial charge in [-0.05, 0) is 56.8 Å². The summed E-state index contributed by atoms with van der Waals surface area (Å²) in [7, 11) is 0. The van der Waals surface area contributed by atoms with Gasteiger partial charge in [0.1, 0.15) is 0 Å². The molecule has 186 valence electrons. The van der Waals surface area contributed by atoms with Crippen molar-refractivity contribution in [3.05, 3.63) is 57.8 Å². The third-order valence-corrected chi connectivity index (χ3v) is 5.65. The van der Waals surface area contributed by atoms with Gasteiger partial charge in [0.15, 0.2) is 0 Å². The molecular weight excluding hydrogens is 471 g/mol. The summed E-state index contributed by atoms with van der Waals surface area (Å²) in [6.45, 7) is 10.3. The summed E-state index contributed by atoms with van der Waals surface area (Å²) in [5.74, 6) is -2.78. The van der Waals surface area contributed by atoms with Crippen molar-refractivity contribution in [1.82, 2.24) is 15.5 Å². The first-order valence-corrected chi connectivity index (χ1v) is 11.3. The van der Waals surface area contributed by atoms with E-state index in [9.17, 15) is 22.8 Å². The predicted molar refractivity (Wildman–Crippen MR) is 123 cm³/mol. The van der Waals surface area contributed by atoms with E-state index in [1.165, 1.54) is 11.3 Å². The van der Waals surface area contributed by atoms with Crippen LogP contribution in [-0.4, -0.2) is 58.1 Å². The number of carboxylic acid groups (broad SMARTS) is 1. The minimum atomic E-state index is -5.08. The number of rotatable bonds is 4. The van der Waals surface area contributed by atoms with Gasteiger partial charge in [-0.25, -0.2) is 4.79 Å². The fourth-order valence-electron chi connectivity index (χ4n) is 3.77. The number of nitrogens with zero attached hydrogens (tertiary/aromatic N) is 1. The van der Waals surface area contributed by atoms with Crippen molar-refractivity contribution >= 4 is 29.1 Å². The van der Waals surface area contributed by atoms with Gasteiger partial charge >= 0.3 is 12.1 Å². The topological polar surface area (TPSA) is 98.7 Å². The van der Waals surface area contributed by atoms with E-state index in [-0.39, 0.29) is 22.9 Å². The van der Waals surface area contributed by atoms with Crippen LogP contribution in [0.25, 0.3) is 0 Å². The largest absolute Gasteiger partial charge is 0.490 e. The number of alkyl halides is 3. The van der Waals surface area contributed by atoms with Crippen molar-refractivity contribution in [3.63, 3.8) is 0 Å². The van der Waals surface area contributed by atoms with Crippen LogP contribution in [0.15, 0.2) is 41.8 Å². The Morgan fingerprint density at radius 3 is 2.03 bits per heavy atom. The quantitative estimate of drug-likeness (QED) is 0.593. The zero-order valence-corrected chi connectivity index (χ0v) is 20.1. The molecule has 3 N–H and O–H groups in total. The maximum absolute atomic E-state index is 12.9. The van der Waals surface area contributed by atoms with Gasteiger partial charge in [0.2, 0.25) is 0 Å². The second-order valence-corrected chi connectivity index (χ2v) is 10.2. The van der Waals surface area contributed by atoms with Crippen molar-refractivity contribution < 1.29 is 32.7 Å². The van der Waals surface area contributed by atoms with E-state index in [1.54, 1.807) is 6.07 Å². The van der Waals surface area contributed by atoms with Gasteiger partial charge in [-0.1, -0.05) is 18.2 Å². The van der Waals surface area contributed by atoms with Crippen LogP contribution in [0.4, 0.5) is 13.2 Å². The number of halogens is 3. The molecule has 1 saturated heterocycles. The molecule has 3 rings (SSSR count). The lowest BCUT2D eigenvalue weighted by atomic mass is 9.91. The van der Waals surface area contributed by atoms with E-state index in [1.807, 2.05) is 40.6 Å². The molecular formula is C23H28F3N3O4S. The average molecular weight is 500 g/mol. The number of carboxylic acids is 1. The monoisotopic (exact) mass is 499 g/mol. The van der Waals surface area contributed by atoms with Crippen molar-refractivity contribution in [2.75, 3.05) is 13.1 Å². The Balaban J connectivity index is 0.000000509. The van der Waals surface area contributed by atoms with Gasteiger partial charge in [0.05, 0.1) is 4.88 Å². The highest BCUT2D eigenvalue weighted by atomic mass is 32.1. The summed E-state index contributed by atoms with van der Waals surface area (Å²) >= 11 is 1.42. The number of benzene rings is 1. The fourth-order valence-corrected chi connectivity index (χ4v) is 4.41. The van der Waals surface area contributed by atoms with Gasteiger partial charge in [0, 0.05) is 36.3 Å². The summed E-state index contributed by atoms with van der Waals surface area (Å²) in [4.78, 5) is 36.5. The van der Waals surface area contributed by atoms with Crippen molar-refractivity contribution in [2.24, 2.45) is 0 Å². The van der Waals surface area contributed by atoms with Gasteiger partial charge < -0.3 is 20.6 Å². The number of hydrogen-bond donors (Lipinski definition) is 3. The lowest BCUT2D eigenvalue weighted by Gasteiger charge is -2.48. The van der Waals surface area contributed by atoms with Crippen molar-refractivity contribution in [2.45, 2.75) is 51.5 Å². The van der Waals surface area contributed by atoms with Gasteiger partial charge in [-0.3, -0.25) is 9.59 Å². The van der Waals surface area contributed by atoms with Crippen LogP contribution in [0.2, 0.25) is 0 Å². The zero-order valence-electron chi connectivity index (χ0n) is 19.3. The molecule has 2 amide bonds. The van der Waals surface area contributed by atoms with E-state index >= 15 is 0 Å². The summed E-state index contributed by atoms with van der Waals surface area (Å²) in [6, 6.07) is 11.2. The molecule has 0 aliphatic carbocycles. The number of carbonyl (C=O) groups is 3. The molecule has 1 aromatic heterocycles. The van der Waals surface area contributed by atoms with Crippen LogP contribution in [0.3, 0.4) is 0 Å². The minimum absolute atomic E-state index is 0.0480. The van der Waals surface area contributed by atoms with Crippen LogP contribution in [0.5, 0.6) is 0 Å². The number of aliphatic carboxylic acids is 1. The Morgan fingerprint density at radius 2 is 1.59 bits per heavy atom. The number of hydrogen-bond acceptors (Lipinski definition) is 5. The van der Waals surface area contributed by atoms with Crippen molar-refractivity contribution in [1.29, 1.82) is 0 Å². The highest BCUT2D eigenvalue weighted by molar-refractivity contribution is 7.12. The van der Waals surface area contributed by atoms with Crippen LogP contribution in [0.1, 0.15) is 53.3 Å². The molecule has 0 atom stereocenters. The summed E-state index contributed by atoms with van der Waals surface area (Å²) in [5, 5.41) is 15.5. The molecule has 1 aliphatic rings. The second-order valence-electron chi connectivity index (χ2n) is 9.21. The molecule has 0 spiro atoms. The minimum Gasteiger partial charge on any atom is -0.475 e. The Labute approximate surface area is 200 Å². The first-order valence-electron chi connectivity index (χ1n) is 10.4. The molecule has 0 unspecified atom stereocenters. The molecule has 2 heterocycles. The fraction of sp³-hybridized carbons (Fsp3) is 0.435. The van der Waals surface area contributed by atoms with E-state index in [0.717, 1.165) is 5.56 Å². The Bertz CT molecular complexity index is 987. The second kappa shape index (κ2) is 10.6. The summed E-state index contributed by atoms with van der Waals surface area (Å²) < 4.78 is 31.7. The van der Waals surface area contributed by atoms with E-state index in [4.69, 9.17) is 9.90 Å². The van der Waals surface area contributed by atoms with Gasteiger partial charge in [-0.15, -0.1) is 11.3 Å². The lowest BCUT2D eigenvalue weighted by Crippen LogP contribution is -2.67. The van der Waals surface area contributed by atoms with Crippen LogP contribution in [-0.2, 0) is 11.3 Å². The number of carbonyl (C=O) groups excluding carboxylic acids is 2. The maximum Gasteiger partial charge on any atom is 0.490 e. The van der Waals surface area contributed by atoms with Crippen LogP contribution < -0.4 is 10.6 Å². The number of thiophene rings is 1. The molecule has 7 nitrogen and oxygen atoms in total. The maximum atomic E-state index is 12.9. The van der Waals surface area contributed by atoms with Crippen molar-refractivity contribution in [3.8, 4) is 0 Å². The third kappa shape index (κ3) is 8.14. The average Bonchev–Trinajstić information content (AvgIpc) is 3.24. The first kappa shape index (κ1) is 27.3. The molecule has 2 aromatic rings. The molecule has 34 heavy (non-hydrogen) atoms. The smallest absolute Gasteiger partial charge is 0.475 e. The predicted octanol–water partition coefficient (Wildman–Crippen LogP) is 3.91. The van der Waals surface area contributed by atoms with Crippen LogP contribution in [0, 0.1) is 0 Å². The van der Waals surface area contributed by atoms with E-state index < -0.39 is 12.1 Å². The summed E-state index contributed by atoms with van der Waals surface area (Å²) in [6.07, 6.45) is -5.08. The highest BCUT2D eigenvalue weighted by Crippen LogP contribution is 2.22. The van der Waals surface area contributed by atoms with E-state index in [0.29, 0.717) is 30.1 Å². The molecule has 1 fully saturated rings. The standard InChI is InChI=1S/C21H27N3O2S.C2HF3O2/c1-20(2)13-24(14-21(3,4)23-20)19(26)16-9-7-15(8-10-16)12-22-18(25)17-6-5-11-27-17;3-2(4,5)1(6)7/h5-11,23H,12-14H2,1-4H3,(H,22,25);(H,6,7). The molecule has 1 aliphatic heterocycles. The normalized spacial score (nSPS) is 16.7. The summed E-state index contributed by atoms with van der Waals surface area (Å²) in [5.41, 5.74) is 1.40. The number of piperazine rings is 1. The SMILES string of the molecule is CC1(C)CN(C(=O)c2ccc(CNC(=O)c3cccs3)cc2)CC(C)(C)N1.O=C(O)C(F)(F)F. The Kier molecular flexibility index (Phi) is 8.49. The lowest BCUT2D eigenvalue weighted by molar-refractivity contribution is -0.192. The number of nitrogens with one attached hydrogen (secondary N) is 2. The van der Waals surface area contributed by atoms with Crippen LogP contribution >= 0.6 is 11.3 Å². The molecule has 0 bridgehead atoms. The van der Waals surface area contributed by atoms with Gasteiger partial charge in [0.25, 0.3) is 11.8 Å². The number of amides is 2. The van der Waals surface area contributed by atoms with Gasteiger partial charge in [-0.2, -0.15) is 13.2 Å². The highest BCUT2D eigenvalue weighted by Gasteiger charge is 2.39. The third-order valence-electron chi connectivity index (χ3n) is 4.78. The van der Waals surface area contributed by atoms with E-state index in [2.05, 4.69) is 38.3 Å². The molecule has 0 saturated carbocycles. The Hall–Kier alpha value is -2.92. The molecule has 1 aromatic carbocycles.